The lowest BCUT2D eigenvalue weighted by molar-refractivity contribution is -0.140. The molecule has 3 aromatic carbocycles. The molecular weight excluding hydrogens is 438 g/mol. The predicted octanol–water partition coefficient (Wildman–Crippen LogP) is 4.69. The summed E-state index contributed by atoms with van der Waals surface area (Å²) in [6, 6.07) is 18.7. The first-order valence-electron chi connectivity index (χ1n) is 12.3. The molecule has 3 amide bonds. The summed E-state index contributed by atoms with van der Waals surface area (Å²) in [6.07, 6.45) is 0.477. The summed E-state index contributed by atoms with van der Waals surface area (Å²) in [5, 5.41) is 4.83. The Morgan fingerprint density at radius 1 is 1.03 bits per heavy atom. The van der Waals surface area contributed by atoms with Gasteiger partial charge in [-0.15, -0.1) is 0 Å². The Kier molecular flexibility index (Phi) is 7.20. The van der Waals surface area contributed by atoms with E-state index in [9.17, 15) is 14.4 Å². The standard InChI is InChI=1S/C29H33N3O3/c1-5-24(28(34)30-16-19(2)3)31(17-21-10-6-9-20(4)15-21)26(33)18-32-25-14-8-12-22-11-7-13-23(27(22)25)29(32)35/h6-15,19,24H,5,16-18H2,1-4H3,(H,30,34). The average molecular weight is 472 g/mol. The number of hydrogen-bond acceptors (Lipinski definition) is 3. The van der Waals surface area contributed by atoms with E-state index in [1.54, 1.807) is 15.9 Å². The molecule has 4 rings (SSSR count). The summed E-state index contributed by atoms with van der Waals surface area (Å²) in [5.41, 5.74) is 3.39. The number of rotatable bonds is 9. The SMILES string of the molecule is CCC(C(=O)NCC(C)C)N(Cc1cccc(C)c1)C(=O)CN1C(=O)c2cccc3cccc1c23. The maximum Gasteiger partial charge on any atom is 0.259 e. The van der Waals surface area contributed by atoms with Crippen LogP contribution in [-0.2, 0) is 16.1 Å². The van der Waals surface area contributed by atoms with Crippen LogP contribution < -0.4 is 10.2 Å². The van der Waals surface area contributed by atoms with Crippen molar-refractivity contribution in [3.05, 3.63) is 77.4 Å². The number of hydrogen-bond donors (Lipinski definition) is 1. The van der Waals surface area contributed by atoms with Gasteiger partial charge in [0.15, 0.2) is 0 Å². The van der Waals surface area contributed by atoms with E-state index in [4.69, 9.17) is 0 Å². The van der Waals surface area contributed by atoms with E-state index in [1.807, 2.05) is 82.3 Å². The number of anilines is 1. The zero-order chi connectivity index (χ0) is 25.1. The first-order valence-corrected chi connectivity index (χ1v) is 12.3. The molecule has 1 aliphatic heterocycles. The van der Waals surface area contributed by atoms with Gasteiger partial charge in [0, 0.05) is 24.0 Å². The lowest BCUT2D eigenvalue weighted by atomic mass is 10.1. The van der Waals surface area contributed by atoms with Gasteiger partial charge in [-0.3, -0.25) is 19.3 Å². The van der Waals surface area contributed by atoms with Gasteiger partial charge in [0.05, 0.1) is 5.69 Å². The Labute approximate surface area is 206 Å². The largest absolute Gasteiger partial charge is 0.354 e. The van der Waals surface area contributed by atoms with Crippen molar-refractivity contribution in [2.45, 2.75) is 46.7 Å². The number of nitrogens with one attached hydrogen (secondary N) is 1. The van der Waals surface area contributed by atoms with Gasteiger partial charge in [0.2, 0.25) is 11.8 Å². The first-order chi connectivity index (χ1) is 16.8. The van der Waals surface area contributed by atoms with Gasteiger partial charge in [0.1, 0.15) is 12.6 Å². The minimum absolute atomic E-state index is 0.119. The van der Waals surface area contributed by atoms with E-state index >= 15 is 0 Å². The van der Waals surface area contributed by atoms with Gasteiger partial charge >= 0.3 is 0 Å². The fourth-order valence-corrected chi connectivity index (χ4v) is 4.71. The molecule has 0 aliphatic carbocycles. The van der Waals surface area contributed by atoms with Gasteiger partial charge in [-0.05, 0) is 42.3 Å². The number of nitrogens with zero attached hydrogens (tertiary/aromatic N) is 2. The summed E-state index contributed by atoms with van der Waals surface area (Å²) in [6.45, 7) is 8.71. The number of carbonyl (C=O) groups is 3. The molecule has 1 aliphatic rings. The third-order valence-electron chi connectivity index (χ3n) is 6.45. The lowest BCUT2D eigenvalue weighted by Crippen LogP contribution is -2.52. The summed E-state index contributed by atoms with van der Waals surface area (Å²) < 4.78 is 0. The molecule has 0 aromatic heterocycles. The fourth-order valence-electron chi connectivity index (χ4n) is 4.71. The van der Waals surface area contributed by atoms with Crippen LogP contribution in [-0.4, -0.2) is 41.8 Å². The molecule has 1 heterocycles. The van der Waals surface area contributed by atoms with Crippen LogP contribution in [0.15, 0.2) is 60.7 Å². The fraction of sp³-hybridized carbons (Fsp3) is 0.345. The minimum Gasteiger partial charge on any atom is -0.354 e. The van der Waals surface area contributed by atoms with Crippen LogP contribution in [0.2, 0.25) is 0 Å². The van der Waals surface area contributed by atoms with Crippen LogP contribution in [0.1, 0.15) is 48.7 Å². The van der Waals surface area contributed by atoms with Crippen molar-refractivity contribution in [2.75, 3.05) is 18.0 Å². The molecule has 182 valence electrons. The zero-order valence-corrected chi connectivity index (χ0v) is 20.9. The molecule has 1 unspecified atom stereocenters. The second-order valence-corrected chi connectivity index (χ2v) is 9.65. The molecule has 0 bridgehead atoms. The highest BCUT2D eigenvalue weighted by atomic mass is 16.2. The van der Waals surface area contributed by atoms with E-state index in [1.165, 1.54) is 0 Å². The van der Waals surface area contributed by atoms with Crippen molar-refractivity contribution < 1.29 is 14.4 Å². The smallest absolute Gasteiger partial charge is 0.259 e. The molecule has 6 nitrogen and oxygen atoms in total. The second-order valence-electron chi connectivity index (χ2n) is 9.65. The summed E-state index contributed by atoms with van der Waals surface area (Å²) in [4.78, 5) is 43.4. The normalized spacial score (nSPS) is 13.4. The molecule has 0 spiro atoms. The molecule has 1 atom stereocenters. The minimum atomic E-state index is -0.627. The Morgan fingerprint density at radius 3 is 2.43 bits per heavy atom. The lowest BCUT2D eigenvalue weighted by Gasteiger charge is -2.32. The van der Waals surface area contributed by atoms with Crippen LogP contribution in [0.25, 0.3) is 10.8 Å². The van der Waals surface area contributed by atoms with Gasteiger partial charge in [-0.25, -0.2) is 0 Å². The highest BCUT2D eigenvalue weighted by Gasteiger charge is 2.35. The third kappa shape index (κ3) is 5.06. The predicted molar refractivity (Wildman–Crippen MR) is 139 cm³/mol. The average Bonchev–Trinajstić information content (AvgIpc) is 3.10. The van der Waals surface area contributed by atoms with Crippen LogP contribution in [0.4, 0.5) is 5.69 Å². The molecule has 0 fully saturated rings. The van der Waals surface area contributed by atoms with Crippen molar-refractivity contribution in [1.29, 1.82) is 0 Å². The maximum absolute atomic E-state index is 13.8. The van der Waals surface area contributed by atoms with Crippen LogP contribution in [0, 0.1) is 12.8 Å². The number of benzene rings is 3. The van der Waals surface area contributed by atoms with Crippen LogP contribution in [0.5, 0.6) is 0 Å². The van der Waals surface area contributed by atoms with Crippen molar-refractivity contribution in [3.8, 4) is 0 Å². The molecule has 6 heteroatoms. The molecule has 35 heavy (non-hydrogen) atoms. The molecular formula is C29H33N3O3. The van der Waals surface area contributed by atoms with Crippen molar-refractivity contribution in [3.63, 3.8) is 0 Å². The molecule has 0 saturated carbocycles. The summed E-state index contributed by atoms with van der Waals surface area (Å²) >= 11 is 0. The first kappa shape index (κ1) is 24.5. The summed E-state index contributed by atoms with van der Waals surface area (Å²) in [5.74, 6) is -0.298. The highest BCUT2D eigenvalue weighted by molar-refractivity contribution is 6.26. The second kappa shape index (κ2) is 10.3. The Hall–Kier alpha value is -3.67. The summed E-state index contributed by atoms with van der Waals surface area (Å²) in [7, 11) is 0. The zero-order valence-electron chi connectivity index (χ0n) is 20.9. The van der Waals surface area contributed by atoms with Gasteiger partial charge in [0.25, 0.3) is 5.91 Å². The van der Waals surface area contributed by atoms with E-state index < -0.39 is 6.04 Å². The third-order valence-corrected chi connectivity index (χ3v) is 6.45. The van der Waals surface area contributed by atoms with E-state index in [0.717, 1.165) is 27.6 Å². The van der Waals surface area contributed by atoms with Crippen LogP contribution in [0.3, 0.4) is 0 Å². The molecule has 1 N–H and O–H groups in total. The Morgan fingerprint density at radius 2 is 1.74 bits per heavy atom. The number of carbonyl (C=O) groups excluding carboxylic acids is 3. The monoisotopic (exact) mass is 471 g/mol. The van der Waals surface area contributed by atoms with E-state index in [2.05, 4.69) is 5.32 Å². The van der Waals surface area contributed by atoms with Crippen molar-refractivity contribution >= 4 is 34.2 Å². The highest BCUT2D eigenvalue weighted by Crippen LogP contribution is 2.37. The molecule has 0 radical (unpaired) electrons. The Balaban J connectivity index is 1.64. The van der Waals surface area contributed by atoms with Gasteiger partial charge in [-0.2, -0.15) is 0 Å². The topological polar surface area (TPSA) is 69.7 Å². The van der Waals surface area contributed by atoms with E-state index in [-0.39, 0.29) is 24.3 Å². The van der Waals surface area contributed by atoms with Gasteiger partial charge < -0.3 is 10.2 Å². The van der Waals surface area contributed by atoms with Crippen LogP contribution >= 0.6 is 0 Å². The molecule has 3 aromatic rings. The van der Waals surface area contributed by atoms with Crippen molar-refractivity contribution in [1.82, 2.24) is 10.2 Å². The number of amides is 3. The molecule has 0 saturated heterocycles. The number of aryl methyl sites for hydroxylation is 1. The van der Waals surface area contributed by atoms with Crippen molar-refractivity contribution in [2.24, 2.45) is 5.92 Å². The quantitative estimate of drug-likeness (QED) is 0.492. The Bertz CT molecular complexity index is 1260. The van der Waals surface area contributed by atoms with Gasteiger partial charge in [-0.1, -0.05) is 74.9 Å². The maximum atomic E-state index is 13.8. The van der Waals surface area contributed by atoms with E-state index in [0.29, 0.717) is 31.0 Å².